The van der Waals surface area contributed by atoms with Gasteiger partial charge in [-0.2, -0.15) is 0 Å². The van der Waals surface area contributed by atoms with Gasteiger partial charge in [-0.25, -0.2) is 18.6 Å². The molecule has 0 unspecified atom stereocenters. The van der Waals surface area contributed by atoms with E-state index in [1.54, 1.807) is 40.6 Å². The highest BCUT2D eigenvalue weighted by molar-refractivity contribution is 7.09. The van der Waals surface area contributed by atoms with Gasteiger partial charge in [0.05, 0.1) is 24.5 Å². The number of urea groups is 1. The van der Waals surface area contributed by atoms with E-state index in [0.29, 0.717) is 42.6 Å². The van der Waals surface area contributed by atoms with Gasteiger partial charge >= 0.3 is 6.03 Å². The molecular weight excluding hydrogens is 488 g/mol. The average Bonchev–Trinajstić information content (AvgIpc) is 3.36. The van der Waals surface area contributed by atoms with Crippen LogP contribution in [0.1, 0.15) is 15.5 Å². The second-order valence-corrected chi connectivity index (χ2v) is 9.12. The van der Waals surface area contributed by atoms with Crippen molar-refractivity contribution >= 4 is 34.6 Å². The van der Waals surface area contributed by atoms with Crippen LogP contribution < -0.4 is 10.2 Å². The van der Waals surface area contributed by atoms with Crippen molar-refractivity contribution < 1.29 is 23.1 Å². The van der Waals surface area contributed by atoms with E-state index in [4.69, 9.17) is 4.74 Å². The first-order chi connectivity index (χ1) is 17.5. The number of ether oxygens (including phenoxy) is 1. The number of nitrogens with zero attached hydrogens (tertiary/aromatic N) is 4. The molecular formula is C25H27F2N5O3S. The number of benzene rings is 2. The number of amides is 3. The van der Waals surface area contributed by atoms with Crippen molar-refractivity contribution in [3.8, 4) is 0 Å². The lowest BCUT2D eigenvalue weighted by Crippen LogP contribution is -2.49. The van der Waals surface area contributed by atoms with E-state index in [0.717, 1.165) is 0 Å². The second kappa shape index (κ2) is 11.9. The zero-order chi connectivity index (χ0) is 25.5. The van der Waals surface area contributed by atoms with Gasteiger partial charge in [-0.1, -0.05) is 24.3 Å². The summed E-state index contributed by atoms with van der Waals surface area (Å²) in [6.07, 6.45) is 0. The van der Waals surface area contributed by atoms with Crippen LogP contribution in [0.15, 0.2) is 53.9 Å². The van der Waals surface area contributed by atoms with Crippen LogP contribution in [0.25, 0.3) is 0 Å². The number of nitrogens with one attached hydrogen (secondary N) is 1. The van der Waals surface area contributed by atoms with E-state index >= 15 is 0 Å². The molecule has 0 spiro atoms. The summed E-state index contributed by atoms with van der Waals surface area (Å²) >= 11 is 1.27. The SMILES string of the molecule is COCCN(Cc1nc(C(=O)N2CCN(c3ccccc3F)CC2)cs1)C(=O)Nc1ccccc1F. The number of thiazole rings is 1. The van der Waals surface area contributed by atoms with Crippen molar-refractivity contribution in [2.75, 3.05) is 56.7 Å². The third kappa shape index (κ3) is 6.16. The second-order valence-electron chi connectivity index (χ2n) is 8.18. The molecule has 2 heterocycles. The molecule has 0 atom stereocenters. The molecule has 8 nitrogen and oxygen atoms in total. The Morgan fingerprint density at radius 1 is 1.06 bits per heavy atom. The number of anilines is 2. The molecule has 1 aliphatic rings. The minimum atomic E-state index is -0.533. The molecule has 11 heteroatoms. The minimum absolute atomic E-state index is 0.0782. The van der Waals surface area contributed by atoms with Crippen LogP contribution in [0, 0.1) is 11.6 Å². The van der Waals surface area contributed by atoms with Crippen molar-refractivity contribution in [2.24, 2.45) is 0 Å². The van der Waals surface area contributed by atoms with Crippen molar-refractivity contribution in [3.05, 3.63) is 76.2 Å². The highest BCUT2D eigenvalue weighted by atomic mass is 32.1. The van der Waals surface area contributed by atoms with Gasteiger partial charge in [0, 0.05) is 45.2 Å². The molecule has 4 rings (SSSR count). The molecule has 1 N–H and O–H groups in total. The number of rotatable bonds is 8. The molecule has 0 bridgehead atoms. The third-order valence-electron chi connectivity index (χ3n) is 5.83. The van der Waals surface area contributed by atoms with E-state index in [1.165, 1.54) is 41.5 Å². The summed E-state index contributed by atoms with van der Waals surface area (Å²) < 4.78 is 33.2. The summed E-state index contributed by atoms with van der Waals surface area (Å²) in [6, 6.07) is 12.0. The number of carbonyl (C=O) groups excluding carboxylic acids is 2. The number of hydrogen-bond acceptors (Lipinski definition) is 6. The molecule has 3 aromatic rings. The fraction of sp³-hybridized carbons (Fsp3) is 0.320. The summed E-state index contributed by atoms with van der Waals surface area (Å²) in [6.45, 7) is 2.62. The molecule has 1 fully saturated rings. The predicted molar refractivity (Wildman–Crippen MR) is 134 cm³/mol. The van der Waals surface area contributed by atoms with Gasteiger partial charge in [-0.15, -0.1) is 11.3 Å². The van der Waals surface area contributed by atoms with Crippen LogP contribution in [0.5, 0.6) is 0 Å². The molecule has 36 heavy (non-hydrogen) atoms. The molecule has 0 saturated carbocycles. The number of para-hydroxylation sites is 2. The molecule has 2 aromatic carbocycles. The van der Waals surface area contributed by atoms with Crippen molar-refractivity contribution in [1.29, 1.82) is 0 Å². The number of halogens is 2. The normalized spacial score (nSPS) is 13.5. The Hall–Kier alpha value is -3.57. The number of aromatic nitrogens is 1. The van der Waals surface area contributed by atoms with Crippen molar-refractivity contribution in [1.82, 2.24) is 14.8 Å². The Labute approximate surface area is 212 Å². The van der Waals surface area contributed by atoms with Crippen molar-refractivity contribution in [3.63, 3.8) is 0 Å². The van der Waals surface area contributed by atoms with E-state index < -0.39 is 11.8 Å². The first-order valence-corrected chi connectivity index (χ1v) is 12.4. The third-order valence-corrected chi connectivity index (χ3v) is 6.66. The van der Waals surface area contributed by atoms with Gasteiger partial charge in [0.1, 0.15) is 22.3 Å². The Kier molecular flexibility index (Phi) is 8.44. The highest BCUT2D eigenvalue weighted by Gasteiger charge is 2.26. The van der Waals surface area contributed by atoms with Crippen molar-refractivity contribution in [2.45, 2.75) is 6.54 Å². The summed E-state index contributed by atoms with van der Waals surface area (Å²) in [7, 11) is 1.53. The molecule has 1 saturated heterocycles. The molecule has 1 aromatic heterocycles. The van der Waals surface area contributed by atoms with Crippen LogP contribution in [-0.2, 0) is 11.3 Å². The first kappa shape index (κ1) is 25.5. The molecule has 3 amide bonds. The smallest absolute Gasteiger partial charge is 0.322 e. The molecule has 0 radical (unpaired) electrons. The number of carbonyl (C=O) groups is 2. The topological polar surface area (TPSA) is 78.0 Å². The lowest BCUT2D eigenvalue weighted by atomic mass is 10.2. The fourth-order valence-electron chi connectivity index (χ4n) is 3.88. The standard InChI is InChI=1S/C25H27F2N5O3S/c1-35-15-14-32(25(34)29-20-8-4-2-6-18(20)26)16-23-28-21(17-36-23)24(33)31-12-10-30(11-13-31)22-9-5-3-7-19(22)27/h2-9,17H,10-16H2,1H3,(H,29,34). The fourth-order valence-corrected chi connectivity index (χ4v) is 4.66. The largest absolute Gasteiger partial charge is 0.383 e. The quantitative estimate of drug-likeness (QED) is 0.490. The van der Waals surface area contributed by atoms with Crippen LogP contribution in [0.3, 0.4) is 0 Å². The highest BCUT2D eigenvalue weighted by Crippen LogP contribution is 2.22. The maximum Gasteiger partial charge on any atom is 0.322 e. The van der Waals surface area contributed by atoms with Crippen LogP contribution in [0.2, 0.25) is 0 Å². The van der Waals surface area contributed by atoms with Gasteiger partial charge in [0.15, 0.2) is 0 Å². The number of methoxy groups -OCH3 is 1. The Morgan fingerprint density at radius 2 is 1.75 bits per heavy atom. The predicted octanol–water partition coefficient (Wildman–Crippen LogP) is 4.06. The molecule has 190 valence electrons. The van der Waals surface area contributed by atoms with E-state index in [2.05, 4.69) is 10.3 Å². The van der Waals surface area contributed by atoms with Crippen LogP contribution in [0.4, 0.5) is 25.0 Å². The zero-order valence-electron chi connectivity index (χ0n) is 19.8. The lowest BCUT2D eigenvalue weighted by molar-refractivity contribution is 0.0741. The number of piperazine rings is 1. The van der Waals surface area contributed by atoms with Gasteiger partial charge in [-0.3, -0.25) is 4.79 Å². The maximum absolute atomic E-state index is 14.1. The van der Waals surface area contributed by atoms with Gasteiger partial charge in [-0.05, 0) is 24.3 Å². The molecule has 0 aliphatic carbocycles. The van der Waals surface area contributed by atoms with E-state index in [-0.39, 0.29) is 37.1 Å². The summed E-state index contributed by atoms with van der Waals surface area (Å²) in [5.74, 6) is -1.02. The van der Waals surface area contributed by atoms with Crippen LogP contribution >= 0.6 is 11.3 Å². The van der Waals surface area contributed by atoms with E-state index in [9.17, 15) is 18.4 Å². The lowest BCUT2D eigenvalue weighted by Gasteiger charge is -2.35. The van der Waals surface area contributed by atoms with Crippen LogP contribution in [-0.4, -0.2) is 73.2 Å². The Balaban J connectivity index is 1.37. The minimum Gasteiger partial charge on any atom is -0.383 e. The molecule has 1 aliphatic heterocycles. The summed E-state index contributed by atoms with van der Waals surface area (Å²) in [4.78, 5) is 35.3. The van der Waals surface area contributed by atoms with E-state index in [1.807, 2.05) is 4.90 Å². The summed E-state index contributed by atoms with van der Waals surface area (Å²) in [5, 5.41) is 4.81. The van der Waals surface area contributed by atoms with Gasteiger partial charge in [0.25, 0.3) is 5.91 Å². The Bertz CT molecular complexity index is 1200. The zero-order valence-corrected chi connectivity index (χ0v) is 20.6. The monoisotopic (exact) mass is 515 g/mol. The average molecular weight is 516 g/mol. The van der Waals surface area contributed by atoms with Gasteiger partial charge in [0.2, 0.25) is 0 Å². The first-order valence-electron chi connectivity index (χ1n) is 11.5. The number of hydrogen-bond donors (Lipinski definition) is 1. The van der Waals surface area contributed by atoms with Gasteiger partial charge < -0.3 is 24.8 Å². The Morgan fingerprint density at radius 3 is 2.44 bits per heavy atom. The summed E-state index contributed by atoms with van der Waals surface area (Å²) in [5.41, 5.74) is 0.912. The maximum atomic E-state index is 14.1.